The van der Waals surface area contributed by atoms with Crippen LogP contribution >= 0.6 is 12.6 Å². The average Bonchev–Trinajstić information content (AvgIpc) is 2.28. The van der Waals surface area contributed by atoms with E-state index in [2.05, 4.69) is 12.6 Å². The highest BCUT2D eigenvalue weighted by Crippen LogP contribution is 2.38. The average molecular weight is 269 g/mol. The van der Waals surface area contributed by atoms with E-state index in [-0.39, 0.29) is 13.0 Å². The third-order valence-corrected chi connectivity index (χ3v) is 3.05. The molecule has 1 aromatic carbocycles. The molecule has 18 heavy (non-hydrogen) atoms. The minimum absolute atomic E-state index is 0.168. The van der Waals surface area contributed by atoms with Crippen LogP contribution in [-0.2, 0) is 11.3 Å². The van der Waals surface area contributed by atoms with Gasteiger partial charge in [-0.25, -0.2) is 8.78 Å². The molecule has 0 aromatic heterocycles. The summed E-state index contributed by atoms with van der Waals surface area (Å²) in [6, 6.07) is 9.47. The molecule has 0 aliphatic heterocycles. The molecule has 2 atom stereocenters. The van der Waals surface area contributed by atoms with E-state index in [4.69, 9.17) is 4.74 Å². The lowest BCUT2D eigenvalue weighted by molar-refractivity contribution is 0.00801. The minimum Gasteiger partial charge on any atom is -0.373 e. The molecule has 1 radical (unpaired) electrons. The van der Waals surface area contributed by atoms with Crippen molar-refractivity contribution in [1.29, 1.82) is 0 Å². The van der Waals surface area contributed by atoms with Crippen molar-refractivity contribution < 1.29 is 13.5 Å². The lowest BCUT2D eigenvalue weighted by Gasteiger charge is -2.31. The van der Waals surface area contributed by atoms with Gasteiger partial charge in [0.15, 0.2) is 5.00 Å². The van der Waals surface area contributed by atoms with Gasteiger partial charge in [-0.2, -0.15) is 0 Å². The number of alkyl halides is 2. The smallest absolute Gasteiger partial charge is 0.175 e. The number of ether oxygens (including phenoxy) is 1. The first kappa shape index (κ1) is 13.6. The fraction of sp³-hybridized carbons (Fsp3) is 0.357. The van der Waals surface area contributed by atoms with E-state index in [1.165, 1.54) is 18.6 Å². The number of thiol groups is 1. The molecule has 0 saturated carbocycles. The van der Waals surface area contributed by atoms with Crippen LogP contribution in [0.25, 0.3) is 0 Å². The predicted octanol–water partition coefficient (Wildman–Crippen LogP) is 3.67. The highest BCUT2D eigenvalue weighted by Gasteiger charge is 2.41. The molecule has 1 aliphatic carbocycles. The summed E-state index contributed by atoms with van der Waals surface area (Å²) < 4.78 is 33.1. The van der Waals surface area contributed by atoms with Crippen molar-refractivity contribution in [2.75, 3.05) is 6.61 Å². The van der Waals surface area contributed by atoms with Crippen LogP contribution in [0.5, 0.6) is 0 Å². The second-order valence-electron chi connectivity index (χ2n) is 4.53. The maximum Gasteiger partial charge on any atom is 0.175 e. The number of allylic oxidation sites excluding steroid dienone is 1. The predicted molar refractivity (Wildman–Crippen MR) is 70.8 cm³/mol. The van der Waals surface area contributed by atoms with E-state index in [1.54, 1.807) is 0 Å². The maximum absolute atomic E-state index is 14.3. The Kier molecular flexibility index (Phi) is 4.07. The van der Waals surface area contributed by atoms with Crippen LogP contribution in [0.1, 0.15) is 12.0 Å². The van der Waals surface area contributed by atoms with Crippen LogP contribution in [0.15, 0.2) is 42.5 Å². The first-order valence-corrected chi connectivity index (χ1v) is 6.20. The van der Waals surface area contributed by atoms with E-state index < -0.39 is 10.7 Å². The fourth-order valence-electron chi connectivity index (χ4n) is 1.91. The third kappa shape index (κ3) is 3.82. The van der Waals surface area contributed by atoms with Gasteiger partial charge in [-0.15, -0.1) is 12.6 Å². The fourth-order valence-corrected chi connectivity index (χ4v) is 2.26. The Balaban J connectivity index is 1.85. The molecule has 1 aliphatic rings. The van der Waals surface area contributed by atoms with Crippen LogP contribution in [0.2, 0.25) is 0 Å². The molecule has 0 N–H and O–H groups in total. The van der Waals surface area contributed by atoms with E-state index in [0.717, 1.165) is 5.56 Å². The second kappa shape index (κ2) is 5.41. The maximum atomic E-state index is 14.3. The summed E-state index contributed by atoms with van der Waals surface area (Å²) in [6.07, 6.45) is 3.61. The highest BCUT2D eigenvalue weighted by molar-refractivity contribution is 7.81. The second-order valence-corrected chi connectivity index (χ2v) is 5.28. The van der Waals surface area contributed by atoms with Gasteiger partial charge in [0.2, 0.25) is 0 Å². The van der Waals surface area contributed by atoms with Gasteiger partial charge < -0.3 is 4.74 Å². The first-order chi connectivity index (χ1) is 8.49. The Morgan fingerprint density at radius 2 is 1.94 bits per heavy atom. The highest BCUT2D eigenvalue weighted by atomic mass is 32.1. The van der Waals surface area contributed by atoms with E-state index in [9.17, 15) is 8.78 Å². The normalized spacial score (nSPS) is 31.5. The summed E-state index contributed by atoms with van der Waals surface area (Å²) in [7, 11) is 0. The van der Waals surface area contributed by atoms with Crippen molar-refractivity contribution in [3.63, 3.8) is 0 Å². The SMILES string of the molecule is F[C@@]1(COCc2ccccc2)[CH]C=C[C@](F)(S)C1. The number of hydrogen-bond acceptors (Lipinski definition) is 2. The summed E-state index contributed by atoms with van der Waals surface area (Å²) in [5.74, 6) is 0. The quantitative estimate of drug-likeness (QED) is 0.821. The third-order valence-electron chi connectivity index (χ3n) is 2.74. The first-order valence-electron chi connectivity index (χ1n) is 5.75. The molecule has 4 heteroatoms. The summed E-state index contributed by atoms with van der Waals surface area (Å²) in [6.45, 7) is 0.147. The molecule has 0 unspecified atom stereocenters. The van der Waals surface area contributed by atoms with Gasteiger partial charge in [0.25, 0.3) is 0 Å². The lowest BCUT2D eigenvalue weighted by atomic mass is 9.90. The Morgan fingerprint density at radius 1 is 1.22 bits per heavy atom. The number of benzene rings is 1. The van der Waals surface area contributed by atoms with Crippen molar-refractivity contribution in [2.24, 2.45) is 0 Å². The monoisotopic (exact) mass is 269 g/mol. The van der Waals surface area contributed by atoms with Gasteiger partial charge >= 0.3 is 0 Å². The molecular formula is C14H15F2OS. The Bertz CT molecular complexity index is 419. The van der Waals surface area contributed by atoms with Crippen LogP contribution in [0.3, 0.4) is 0 Å². The standard InChI is InChI=1S/C14H15F2OS/c15-13(7-4-8-14(16,18)10-13)11-17-9-12-5-2-1-3-6-12/h1-8,18H,9-11H2/t13-,14-/m0/s1. The molecule has 0 heterocycles. The van der Waals surface area contributed by atoms with Crippen molar-refractivity contribution in [3.05, 3.63) is 54.5 Å². The summed E-state index contributed by atoms with van der Waals surface area (Å²) in [5.41, 5.74) is -0.829. The number of rotatable bonds is 4. The largest absolute Gasteiger partial charge is 0.373 e. The van der Waals surface area contributed by atoms with Gasteiger partial charge in [-0.3, -0.25) is 0 Å². The molecule has 1 nitrogen and oxygen atoms in total. The van der Waals surface area contributed by atoms with Crippen LogP contribution in [0, 0.1) is 6.42 Å². The summed E-state index contributed by atoms with van der Waals surface area (Å²) >= 11 is 3.75. The Labute approximate surface area is 111 Å². The zero-order chi connectivity index (χ0) is 13.1. The molecule has 0 bridgehead atoms. The topological polar surface area (TPSA) is 9.23 Å². The molecule has 2 rings (SSSR count). The zero-order valence-corrected chi connectivity index (χ0v) is 10.7. The summed E-state index contributed by atoms with van der Waals surface area (Å²) in [5, 5.41) is -1.90. The van der Waals surface area contributed by atoms with Gasteiger partial charge in [-0.05, 0) is 11.6 Å². The van der Waals surface area contributed by atoms with Gasteiger partial charge in [0, 0.05) is 12.8 Å². The van der Waals surface area contributed by atoms with E-state index in [1.807, 2.05) is 30.3 Å². The van der Waals surface area contributed by atoms with Gasteiger partial charge in [0.05, 0.1) is 13.2 Å². The van der Waals surface area contributed by atoms with Crippen LogP contribution in [0.4, 0.5) is 8.78 Å². The van der Waals surface area contributed by atoms with Gasteiger partial charge in [-0.1, -0.05) is 36.4 Å². The van der Waals surface area contributed by atoms with Crippen molar-refractivity contribution in [3.8, 4) is 0 Å². The molecule has 1 aromatic rings. The molecule has 0 saturated heterocycles. The summed E-state index contributed by atoms with van der Waals surface area (Å²) in [4.78, 5) is 0. The van der Waals surface area contributed by atoms with Crippen LogP contribution < -0.4 is 0 Å². The zero-order valence-electron chi connectivity index (χ0n) is 9.85. The van der Waals surface area contributed by atoms with Crippen molar-refractivity contribution >= 4 is 12.6 Å². The van der Waals surface area contributed by atoms with Crippen molar-refractivity contribution in [2.45, 2.75) is 23.7 Å². The molecular weight excluding hydrogens is 254 g/mol. The van der Waals surface area contributed by atoms with E-state index in [0.29, 0.717) is 6.61 Å². The number of halogens is 2. The molecule has 0 amide bonds. The van der Waals surface area contributed by atoms with E-state index >= 15 is 0 Å². The Morgan fingerprint density at radius 3 is 2.61 bits per heavy atom. The minimum atomic E-state index is -1.90. The van der Waals surface area contributed by atoms with Crippen molar-refractivity contribution in [1.82, 2.24) is 0 Å². The van der Waals surface area contributed by atoms with Gasteiger partial charge in [0.1, 0.15) is 5.67 Å². The molecule has 0 fully saturated rings. The Hall–Kier alpha value is -0.870. The molecule has 0 spiro atoms. The molecule has 97 valence electrons. The number of hydrogen-bond donors (Lipinski definition) is 1. The van der Waals surface area contributed by atoms with Crippen LogP contribution in [-0.4, -0.2) is 17.3 Å². The lowest BCUT2D eigenvalue weighted by Crippen LogP contribution is -2.38.